The van der Waals surface area contributed by atoms with Gasteiger partial charge >= 0.3 is 0 Å². The maximum Gasteiger partial charge on any atom is 0.219 e. The summed E-state index contributed by atoms with van der Waals surface area (Å²) in [6, 6.07) is 15.7. The summed E-state index contributed by atoms with van der Waals surface area (Å²) in [7, 11) is 0. The molecule has 0 aliphatic carbocycles. The van der Waals surface area contributed by atoms with Crippen LogP contribution >= 0.6 is 0 Å². The minimum absolute atomic E-state index is 0.481. The summed E-state index contributed by atoms with van der Waals surface area (Å²) in [6.45, 7) is 5.44. The van der Waals surface area contributed by atoms with Crippen molar-refractivity contribution in [2.75, 3.05) is 43.2 Å². The minimum Gasteiger partial charge on any atom is -0.477 e. The highest BCUT2D eigenvalue weighted by Gasteiger charge is 2.15. The van der Waals surface area contributed by atoms with Crippen LogP contribution < -0.4 is 15.1 Å². The third-order valence-corrected chi connectivity index (χ3v) is 4.77. The van der Waals surface area contributed by atoms with E-state index in [1.807, 2.05) is 55.5 Å². The number of rotatable bonds is 8. The van der Waals surface area contributed by atoms with Crippen LogP contribution in [0.5, 0.6) is 5.88 Å². The van der Waals surface area contributed by atoms with Crippen molar-refractivity contribution in [2.24, 2.45) is 5.10 Å². The number of nitrogens with one attached hydrogen (secondary N) is 1. The number of ether oxygens (including phenoxy) is 2. The summed E-state index contributed by atoms with van der Waals surface area (Å²) in [4.78, 5) is 15.7. The third kappa shape index (κ3) is 6.23. The van der Waals surface area contributed by atoms with Gasteiger partial charge in [0.15, 0.2) is 5.82 Å². The molecule has 0 amide bonds. The maximum atomic E-state index is 5.93. The molecule has 0 spiro atoms. The number of anilines is 2. The predicted octanol–water partition coefficient (Wildman–Crippen LogP) is 3.08. The van der Waals surface area contributed by atoms with E-state index in [4.69, 9.17) is 9.47 Å². The van der Waals surface area contributed by atoms with E-state index in [9.17, 15) is 0 Å². The molecule has 1 saturated heterocycles. The summed E-state index contributed by atoms with van der Waals surface area (Å²) >= 11 is 0. The van der Waals surface area contributed by atoms with Crippen molar-refractivity contribution in [1.29, 1.82) is 0 Å². The first kappa shape index (κ1) is 20.7. The maximum absolute atomic E-state index is 5.93. The average Bonchev–Trinajstić information content (AvgIpc) is 2.80. The fraction of sp³-hybridized carbons (Fsp3) is 0.304. The number of morpholine rings is 1. The number of hydrogen-bond donors (Lipinski definition) is 1. The molecule has 1 N–H and O–H groups in total. The van der Waals surface area contributed by atoms with Crippen LogP contribution in [0.4, 0.5) is 11.5 Å². The van der Waals surface area contributed by atoms with Gasteiger partial charge in [-0.1, -0.05) is 18.2 Å². The summed E-state index contributed by atoms with van der Waals surface area (Å²) in [5, 5.41) is 4.30. The molecule has 8 heteroatoms. The molecule has 0 atom stereocenters. The molecule has 0 unspecified atom stereocenters. The molecule has 4 rings (SSSR count). The Balaban J connectivity index is 1.47. The number of aryl methyl sites for hydroxylation is 1. The molecule has 2 aromatic heterocycles. The van der Waals surface area contributed by atoms with Gasteiger partial charge in [0.25, 0.3) is 0 Å². The van der Waals surface area contributed by atoms with E-state index in [2.05, 4.69) is 30.4 Å². The minimum atomic E-state index is 0.481. The van der Waals surface area contributed by atoms with Crippen LogP contribution in [-0.2, 0) is 11.2 Å². The van der Waals surface area contributed by atoms with Crippen molar-refractivity contribution in [3.63, 3.8) is 0 Å². The molecule has 8 nitrogen and oxygen atoms in total. The molecule has 0 bridgehead atoms. The van der Waals surface area contributed by atoms with E-state index in [0.717, 1.165) is 35.9 Å². The fourth-order valence-corrected chi connectivity index (χ4v) is 3.20. The monoisotopic (exact) mass is 418 g/mol. The molecular formula is C23H26N6O2. The van der Waals surface area contributed by atoms with E-state index in [1.165, 1.54) is 0 Å². The van der Waals surface area contributed by atoms with Crippen LogP contribution in [0, 0.1) is 6.92 Å². The van der Waals surface area contributed by atoms with Gasteiger partial charge in [0.2, 0.25) is 5.88 Å². The Kier molecular flexibility index (Phi) is 7.02. The average molecular weight is 419 g/mol. The van der Waals surface area contributed by atoms with Gasteiger partial charge in [-0.05, 0) is 36.8 Å². The van der Waals surface area contributed by atoms with Gasteiger partial charge < -0.3 is 14.4 Å². The van der Waals surface area contributed by atoms with Crippen LogP contribution in [0.15, 0.2) is 59.8 Å². The Labute approximate surface area is 182 Å². The Morgan fingerprint density at radius 3 is 2.84 bits per heavy atom. The van der Waals surface area contributed by atoms with Gasteiger partial charge in [-0.3, -0.25) is 10.4 Å². The number of pyridine rings is 1. The summed E-state index contributed by atoms with van der Waals surface area (Å²) in [5.41, 5.74) is 6.08. The molecule has 31 heavy (non-hydrogen) atoms. The summed E-state index contributed by atoms with van der Waals surface area (Å²) in [5.74, 6) is 1.81. The molecule has 1 aliphatic rings. The smallest absolute Gasteiger partial charge is 0.219 e. The highest BCUT2D eigenvalue weighted by molar-refractivity contribution is 5.76. The van der Waals surface area contributed by atoms with Crippen molar-refractivity contribution in [2.45, 2.75) is 13.3 Å². The zero-order valence-corrected chi connectivity index (χ0v) is 17.6. The molecule has 1 fully saturated rings. The molecule has 1 aromatic carbocycles. The zero-order chi connectivity index (χ0) is 21.3. The highest BCUT2D eigenvalue weighted by Crippen LogP contribution is 2.19. The second-order valence-electron chi connectivity index (χ2n) is 7.18. The van der Waals surface area contributed by atoms with Crippen LogP contribution in [0.1, 0.15) is 17.1 Å². The lowest BCUT2D eigenvalue weighted by atomic mass is 10.2. The van der Waals surface area contributed by atoms with Crippen molar-refractivity contribution < 1.29 is 9.47 Å². The first-order valence-corrected chi connectivity index (χ1v) is 10.4. The standard InChI is InChI=1S/C23H26N6O2/c1-18-5-4-7-20(15-18)28-25-17-21-26-22(29-10-13-30-14-11-29)16-23(27-21)31-12-8-19-6-2-3-9-24-19/h2-7,9,15-17,28H,8,10-14H2,1H3/b25-17+. The molecule has 3 heterocycles. The number of benzene rings is 1. The molecule has 1 aliphatic heterocycles. The Morgan fingerprint density at radius 2 is 2.03 bits per heavy atom. The van der Waals surface area contributed by atoms with E-state index in [0.29, 0.717) is 37.9 Å². The summed E-state index contributed by atoms with van der Waals surface area (Å²) in [6.07, 6.45) is 4.10. The zero-order valence-electron chi connectivity index (χ0n) is 17.6. The van der Waals surface area contributed by atoms with Crippen LogP contribution in [-0.4, -0.2) is 54.1 Å². The lowest BCUT2D eigenvalue weighted by Crippen LogP contribution is -2.37. The van der Waals surface area contributed by atoms with E-state index in [1.54, 1.807) is 12.4 Å². The molecule has 0 radical (unpaired) electrons. The molecular weight excluding hydrogens is 392 g/mol. The quantitative estimate of drug-likeness (QED) is 0.444. The Bertz CT molecular complexity index is 1010. The van der Waals surface area contributed by atoms with Crippen molar-refractivity contribution in [3.05, 3.63) is 71.8 Å². The van der Waals surface area contributed by atoms with Gasteiger partial charge in [0.1, 0.15) is 5.82 Å². The van der Waals surface area contributed by atoms with Crippen molar-refractivity contribution >= 4 is 17.7 Å². The Morgan fingerprint density at radius 1 is 1.13 bits per heavy atom. The topological polar surface area (TPSA) is 84.8 Å². The van der Waals surface area contributed by atoms with Crippen molar-refractivity contribution in [1.82, 2.24) is 15.0 Å². The number of hydrogen-bond acceptors (Lipinski definition) is 8. The summed E-state index contributed by atoms with van der Waals surface area (Å²) < 4.78 is 11.4. The molecule has 160 valence electrons. The molecule has 3 aromatic rings. The first-order valence-electron chi connectivity index (χ1n) is 10.4. The van der Waals surface area contributed by atoms with Gasteiger partial charge in [-0.15, -0.1) is 0 Å². The van der Waals surface area contributed by atoms with E-state index >= 15 is 0 Å². The lowest BCUT2D eigenvalue weighted by molar-refractivity contribution is 0.122. The van der Waals surface area contributed by atoms with Crippen molar-refractivity contribution in [3.8, 4) is 5.88 Å². The predicted molar refractivity (Wildman–Crippen MR) is 121 cm³/mol. The van der Waals surface area contributed by atoms with Crippen LogP contribution in [0.2, 0.25) is 0 Å². The van der Waals surface area contributed by atoms with Crippen LogP contribution in [0.3, 0.4) is 0 Å². The SMILES string of the molecule is Cc1cccc(N/N=C/c2nc(OCCc3ccccn3)cc(N3CCOCC3)n2)c1. The molecule has 0 saturated carbocycles. The largest absolute Gasteiger partial charge is 0.477 e. The normalized spacial score (nSPS) is 14.0. The number of aromatic nitrogens is 3. The lowest BCUT2D eigenvalue weighted by Gasteiger charge is -2.28. The highest BCUT2D eigenvalue weighted by atomic mass is 16.5. The van der Waals surface area contributed by atoms with E-state index in [-0.39, 0.29) is 0 Å². The van der Waals surface area contributed by atoms with E-state index < -0.39 is 0 Å². The Hall–Kier alpha value is -3.52. The van der Waals surface area contributed by atoms with Gasteiger partial charge in [-0.2, -0.15) is 10.1 Å². The van der Waals surface area contributed by atoms with Gasteiger partial charge in [0.05, 0.1) is 31.7 Å². The van der Waals surface area contributed by atoms with Gasteiger partial charge in [-0.25, -0.2) is 4.98 Å². The first-order chi connectivity index (χ1) is 15.3. The number of nitrogens with zero attached hydrogens (tertiary/aromatic N) is 5. The number of hydrazone groups is 1. The second kappa shape index (κ2) is 10.5. The third-order valence-electron chi connectivity index (χ3n) is 4.77. The van der Waals surface area contributed by atoms with Gasteiger partial charge in [0, 0.05) is 37.5 Å². The fourth-order valence-electron chi connectivity index (χ4n) is 3.20. The van der Waals surface area contributed by atoms with Crippen LogP contribution in [0.25, 0.3) is 0 Å². The second-order valence-corrected chi connectivity index (χ2v) is 7.18.